The lowest BCUT2D eigenvalue weighted by Gasteiger charge is -2.06. The van der Waals surface area contributed by atoms with E-state index in [1.807, 2.05) is 4.83 Å². The average molecular weight is 351 g/mol. The van der Waals surface area contributed by atoms with Crippen molar-refractivity contribution in [2.75, 3.05) is 0 Å². The van der Waals surface area contributed by atoms with Crippen molar-refractivity contribution < 1.29 is 17.6 Å². The summed E-state index contributed by atoms with van der Waals surface area (Å²) in [6.45, 7) is 0. The smallest absolute Gasteiger partial charge is 0.301 e. The summed E-state index contributed by atoms with van der Waals surface area (Å²) in [5, 5.41) is 1.16. The van der Waals surface area contributed by atoms with Gasteiger partial charge in [-0.15, -0.1) is 4.83 Å². The molecule has 118 valence electrons. The molecule has 1 amide bonds. The van der Waals surface area contributed by atoms with Gasteiger partial charge in [0, 0.05) is 10.4 Å². The Morgan fingerprint density at radius 3 is 2.52 bits per heavy atom. The Bertz CT molecular complexity index is 968. The highest BCUT2D eigenvalue weighted by Crippen LogP contribution is 2.22. The number of rotatable bonds is 4. The molecular formula is C15H11ClN2O4S. The Kier molecular flexibility index (Phi) is 4.08. The lowest BCUT2D eigenvalue weighted by atomic mass is 10.2. The van der Waals surface area contributed by atoms with Gasteiger partial charge in [-0.05, 0) is 36.4 Å². The van der Waals surface area contributed by atoms with E-state index in [-0.39, 0.29) is 10.7 Å². The van der Waals surface area contributed by atoms with E-state index in [1.165, 1.54) is 18.2 Å². The molecule has 0 saturated heterocycles. The normalized spacial score (nSPS) is 11.5. The molecule has 8 heteroatoms. The lowest BCUT2D eigenvalue weighted by Crippen LogP contribution is -2.41. The van der Waals surface area contributed by atoms with E-state index < -0.39 is 15.9 Å². The molecular weight excluding hydrogens is 340 g/mol. The summed E-state index contributed by atoms with van der Waals surface area (Å²) in [6.07, 6.45) is 0. The maximum Gasteiger partial charge on any atom is 0.301 e. The molecule has 2 N–H and O–H groups in total. The van der Waals surface area contributed by atoms with Gasteiger partial charge < -0.3 is 4.42 Å². The van der Waals surface area contributed by atoms with Crippen LogP contribution in [0.25, 0.3) is 11.0 Å². The molecule has 1 aromatic heterocycles. The van der Waals surface area contributed by atoms with Crippen LogP contribution in [0, 0.1) is 0 Å². The lowest BCUT2D eigenvalue weighted by molar-refractivity contribution is 0.0919. The van der Waals surface area contributed by atoms with E-state index in [4.69, 9.17) is 16.0 Å². The Labute approximate surface area is 137 Å². The minimum Gasteiger partial charge on any atom is -0.451 e. The Morgan fingerprint density at radius 2 is 1.78 bits per heavy atom. The van der Waals surface area contributed by atoms with Crippen molar-refractivity contribution in [3.63, 3.8) is 0 Å². The zero-order chi connectivity index (χ0) is 16.4. The summed E-state index contributed by atoms with van der Waals surface area (Å²) >= 11 is 5.86. The van der Waals surface area contributed by atoms with Crippen molar-refractivity contribution in [2.24, 2.45) is 0 Å². The van der Waals surface area contributed by atoms with Crippen LogP contribution in [-0.2, 0) is 10.0 Å². The molecule has 0 radical (unpaired) electrons. The van der Waals surface area contributed by atoms with Crippen molar-refractivity contribution in [3.8, 4) is 0 Å². The standard InChI is InChI=1S/C15H11ClN2O4S/c16-11-6-7-13-10(8-11)9-14(22-13)15(19)17-18-23(20,21)12-4-2-1-3-5-12/h1-9,18H,(H,17,19). The summed E-state index contributed by atoms with van der Waals surface area (Å²) < 4.78 is 29.4. The predicted molar refractivity (Wildman–Crippen MR) is 85.5 cm³/mol. The molecule has 0 spiro atoms. The van der Waals surface area contributed by atoms with Crippen LogP contribution in [0.5, 0.6) is 0 Å². The molecule has 0 fully saturated rings. The van der Waals surface area contributed by atoms with Gasteiger partial charge in [0.1, 0.15) is 5.58 Å². The minimum atomic E-state index is -3.84. The van der Waals surface area contributed by atoms with Crippen molar-refractivity contribution in [2.45, 2.75) is 4.90 Å². The van der Waals surface area contributed by atoms with Gasteiger partial charge in [-0.25, -0.2) is 8.42 Å². The third-order valence-corrected chi connectivity index (χ3v) is 4.55. The largest absolute Gasteiger partial charge is 0.451 e. The van der Waals surface area contributed by atoms with Gasteiger partial charge in [0.25, 0.3) is 10.0 Å². The number of carbonyl (C=O) groups is 1. The minimum absolute atomic E-state index is 0.0296. The summed E-state index contributed by atoms with van der Waals surface area (Å²) in [5.41, 5.74) is 2.59. The van der Waals surface area contributed by atoms with Crippen molar-refractivity contribution in [1.82, 2.24) is 10.3 Å². The molecule has 0 atom stereocenters. The van der Waals surface area contributed by atoms with Crippen molar-refractivity contribution >= 4 is 38.5 Å². The summed E-state index contributed by atoms with van der Waals surface area (Å²) in [4.78, 5) is 14.1. The van der Waals surface area contributed by atoms with E-state index in [0.717, 1.165) is 0 Å². The highest BCUT2D eigenvalue weighted by atomic mass is 35.5. The maximum atomic E-state index is 12.0. The van der Waals surface area contributed by atoms with Crippen LogP contribution in [0.4, 0.5) is 0 Å². The SMILES string of the molecule is O=C(NNS(=O)(=O)c1ccccc1)c1cc2cc(Cl)ccc2o1. The highest BCUT2D eigenvalue weighted by Gasteiger charge is 2.17. The first-order chi connectivity index (χ1) is 11.0. The topological polar surface area (TPSA) is 88.4 Å². The van der Waals surface area contributed by atoms with Gasteiger partial charge in [0.15, 0.2) is 5.76 Å². The second-order valence-electron chi connectivity index (χ2n) is 4.67. The molecule has 0 saturated carbocycles. The van der Waals surface area contributed by atoms with E-state index in [1.54, 1.807) is 36.4 Å². The summed E-state index contributed by atoms with van der Waals surface area (Å²) in [6, 6.07) is 14.1. The first-order valence-corrected chi connectivity index (χ1v) is 8.38. The van der Waals surface area contributed by atoms with Crippen LogP contribution < -0.4 is 10.3 Å². The van der Waals surface area contributed by atoms with E-state index >= 15 is 0 Å². The zero-order valence-corrected chi connectivity index (χ0v) is 13.2. The molecule has 3 rings (SSSR count). The van der Waals surface area contributed by atoms with Gasteiger partial charge in [-0.1, -0.05) is 29.8 Å². The van der Waals surface area contributed by atoms with E-state index in [2.05, 4.69) is 5.43 Å². The fourth-order valence-electron chi connectivity index (χ4n) is 1.96. The Hall–Kier alpha value is -2.35. The molecule has 3 aromatic rings. The summed E-state index contributed by atoms with van der Waals surface area (Å²) in [7, 11) is -3.84. The van der Waals surface area contributed by atoms with E-state index in [0.29, 0.717) is 16.0 Å². The number of fused-ring (bicyclic) bond motifs is 1. The molecule has 0 aliphatic carbocycles. The first-order valence-electron chi connectivity index (χ1n) is 6.52. The first kappa shape index (κ1) is 15.5. The third-order valence-electron chi connectivity index (χ3n) is 3.05. The van der Waals surface area contributed by atoms with E-state index in [9.17, 15) is 13.2 Å². The van der Waals surface area contributed by atoms with Gasteiger partial charge in [0.2, 0.25) is 0 Å². The second-order valence-corrected chi connectivity index (χ2v) is 6.78. The number of hydrogen-bond acceptors (Lipinski definition) is 4. The third kappa shape index (κ3) is 3.37. The van der Waals surface area contributed by atoms with Crippen LogP contribution in [0.1, 0.15) is 10.6 Å². The molecule has 0 aliphatic rings. The molecule has 0 bridgehead atoms. The van der Waals surface area contributed by atoms with Crippen LogP contribution >= 0.6 is 11.6 Å². The monoisotopic (exact) mass is 350 g/mol. The summed E-state index contributed by atoms with van der Waals surface area (Å²) in [5.74, 6) is -0.741. The van der Waals surface area contributed by atoms with Gasteiger partial charge in [-0.3, -0.25) is 10.2 Å². The number of carbonyl (C=O) groups excluding carboxylic acids is 1. The van der Waals surface area contributed by atoms with Crippen LogP contribution in [0.15, 0.2) is 63.9 Å². The highest BCUT2D eigenvalue weighted by molar-refractivity contribution is 7.89. The average Bonchev–Trinajstić information content (AvgIpc) is 2.96. The molecule has 2 aromatic carbocycles. The predicted octanol–water partition coefficient (Wildman–Crippen LogP) is 2.71. The van der Waals surface area contributed by atoms with Crippen LogP contribution in [0.3, 0.4) is 0 Å². The zero-order valence-electron chi connectivity index (χ0n) is 11.6. The molecule has 0 aliphatic heterocycles. The number of amides is 1. The number of halogens is 1. The number of benzene rings is 2. The number of hydrazine groups is 1. The quantitative estimate of drug-likeness (QED) is 0.708. The fourth-order valence-corrected chi connectivity index (χ4v) is 3.00. The molecule has 1 heterocycles. The number of hydrogen-bond donors (Lipinski definition) is 2. The fraction of sp³-hybridized carbons (Fsp3) is 0. The molecule has 0 unspecified atom stereocenters. The number of sulfonamides is 1. The van der Waals surface area contributed by atoms with Gasteiger partial charge in [0.05, 0.1) is 4.90 Å². The molecule has 6 nitrogen and oxygen atoms in total. The Balaban J connectivity index is 1.76. The molecule has 23 heavy (non-hydrogen) atoms. The van der Waals surface area contributed by atoms with Gasteiger partial charge in [-0.2, -0.15) is 0 Å². The Morgan fingerprint density at radius 1 is 1.04 bits per heavy atom. The van der Waals surface area contributed by atoms with Gasteiger partial charge >= 0.3 is 5.91 Å². The van der Waals surface area contributed by atoms with Crippen LogP contribution in [0.2, 0.25) is 5.02 Å². The van der Waals surface area contributed by atoms with Crippen molar-refractivity contribution in [3.05, 3.63) is 65.4 Å². The van der Waals surface area contributed by atoms with Crippen LogP contribution in [-0.4, -0.2) is 14.3 Å². The maximum absolute atomic E-state index is 12.0. The number of nitrogens with one attached hydrogen (secondary N) is 2. The second kappa shape index (κ2) is 6.04. The van der Waals surface area contributed by atoms with Crippen molar-refractivity contribution in [1.29, 1.82) is 0 Å². The number of furan rings is 1.